The number of unbranched alkanes of at least 4 members (excludes halogenated alkanes) is 1. The summed E-state index contributed by atoms with van der Waals surface area (Å²) in [6, 6.07) is 0.639. The maximum absolute atomic E-state index is 3.93. The summed E-state index contributed by atoms with van der Waals surface area (Å²) >= 11 is 0. The Bertz CT molecular complexity index is 282. The third kappa shape index (κ3) is 4.31. The van der Waals surface area contributed by atoms with Crippen molar-refractivity contribution in [2.24, 2.45) is 7.05 Å². The number of nitrogens with zero attached hydrogens (tertiary/aromatic N) is 3. The fraction of sp³-hybridized carbons (Fsp3) is 0.833. The van der Waals surface area contributed by atoms with Gasteiger partial charge in [0, 0.05) is 19.6 Å². The van der Waals surface area contributed by atoms with Crippen LogP contribution in [0.1, 0.15) is 51.6 Å². The van der Waals surface area contributed by atoms with Crippen LogP contribution >= 0.6 is 0 Å². The van der Waals surface area contributed by atoms with Crippen LogP contribution in [-0.4, -0.2) is 21.0 Å². The summed E-state index contributed by atoms with van der Waals surface area (Å²) in [4.78, 5) is 0. The molecule has 0 spiro atoms. The molecule has 1 unspecified atom stereocenters. The summed E-state index contributed by atoms with van der Waals surface area (Å²) in [5.74, 6) is 0. The fourth-order valence-electron chi connectivity index (χ4n) is 1.87. The van der Waals surface area contributed by atoms with Crippen LogP contribution in [0.2, 0.25) is 0 Å². The number of hydrogen-bond acceptors (Lipinski definition) is 3. The molecule has 0 aliphatic carbocycles. The number of hydrogen-bond donors (Lipinski definition) is 1. The molecule has 0 radical (unpaired) electrons. The zero-order valence-corrected chi connectivity index (χ0v) is 10.7. The van der Waals surface area contributed by atoms with Gasteiger partial charge in [-0.15, -0.1) is 5.10 Å². The van der Waals surface area contributed by atoms with Crippen LogP contribution in [0.25, 0.3) is 0 Å². The highest BCUT2D eigenvalue weighted by Crippen LogP contribution is 2.07. The molecule has 0 bridgehead atoms. The van der Waals surface area contributed by atoms with Gasteiger partial charge in [0.05, 0.1) is 11.9 Å². The quantitative estimate of drug-likeness (QED) is 0.736. The Kier molecular flexibility index (Phi) is 6.08. The van der Waals surface area contributed by atoms with Crippen LogP contribution in [0.15, 0.2) is 6.20 Å². The minimum absolute atomic E-state index is 0.639. The van der Waals surface area contributed by atoms with Crippen molar-refractivity contribution in [3.05, 3.63) is 11.9 Å². The normalized spacial score (nSPS) is 12.9. The summed E-state index contributed by atoms with van der Waals surface area (Å²) in [6.07, 6.45) is 8.18. The first kappa shape index (κ1) is 13.2. The van der Waals surface area contributed by atoms with E-state index in [0.717, 1.165) is 12.2 Å². The van der Waals surface area contributed by atoms with Crippen LogP contribution in [0, 0.1) is 0 Å². The van der Waals surface area contributed by atoms with Crippen molar-refractivity contribution in [1.29, 1.82) is 0 Å². The molecular weight excluding hydrogens is 200 g/mol. The van der Waals surface area contributed by atoms with E-state index in [1.165, 1.54) is 32.1 Å². The van der Waals surface area contributed by atoms with E-state index in [-0.39, 0.29) is 0 Å². The minimum Gasteiger partial charge on any atom is -0.308 e. The molecule has 0 fully saturated rings. The van der Waals surface area contributed by atoms with Gasteiger partial charge in [0.15, 0.2) is 0 Å². The summed E-state index contributed by atoms with van der Waals surface area (Å²) in [5, 5.41) is 11.4. The zero-order valence-electron chi connectivity index (χ0n) is 10.7. The second-order valence-electron chi connectivity index (χ2n) is 4.36. The average Bonchev–Trinajstić information content (AvgIpc) is 2.68. The van der Waals surface area contributed by atoms with Crippen LogP contribution in [0.5, 0.6) is 0 Å². The SMILES string of the molecule is CCCCC(CCC)NCc1cnnn1C. The molecule has 1 aromatic rings. The largest absolute Gasteiger partial charge is 0.308 e. The molecule has 4 nitrogen and oxygen atoms in total. The van der Waals surface area contributed by atoms with Gasteiger partial charge in [-0.05, 0) is 12.8 Å². The number of aromatic nitrogens is 3. The van der Waals surface area contributed by atoms with Crippen LogP contribution in [0.4, 0.5) is 0 Å². The molecule has 1 aromatic heterocycles. The Morgan fingerprint density at radius 2 is 2.12 bits per heavy atom. The lowest BCUT2D eigenvalue weighted by atomic mass is 10.1. The molecule has 0 aliphatic heterocycles. The Labute approximate surface area is 98.4 Å². The Balaban J connectivity index is 2.34. The standard InChI is InChI=1S/C12H24N4/c1-4-6-8-11(7-5-2)13-9-12-10-14-15-16(12)3/h10-11,13H,4-9H2,1-3H3. The van der Waals surface area contributed by atoms with Crippen molar-refractivity contribution < 1.29 is 0 Å². The van der Waals surface area contributed by atoms with E-state index in [2.05, 4.69) is 29.5 Å². The van der Waals surface area contributed by atoms with Gasteiger partial charge in [-0.2, -0.15) is 0 Å². The molecule has 0 amide bonds. The van der Waals surface area contributed by atoms with Crippen molar-refractivity contribution in [2.75, 3.05) is 0 Å². The molecule has 1 N–H and O–H groups in total. The predicted molar refractivity (Wildman–Crippen MR) is 66.1 cm³/mol. The first-order chi connectivity index (χ1) is 7.77. The Hall–Kier alpha value is -0.900. The lowest BCUT2D eigenvalue weighted by Crippen LogP contribution is -2.29. The van der Waals surface area contributed by atoms with E-state index >= 15 is 0 Å². The highest BCUT2D eigenvalue weighted by molar-refractivity contribution is 4.92. The zero-order chi connectivity index (χ0) is 11.8. The van der Waals surface area contributed by atoms with Gasteiger partial charge in [0.2, 0.25) is 0 Å². The minimum atomic E-state index is 0.639. The van der Waals surface area contributed by atoms with Gasteiger partial charge in [-0.1, -0.05) is 38.3 Å². The lowest BCUT2D eigenvalue weighted by molar-refractivity contribution is 0.427. The lowest BCUT2D eigenvalue weighted by Gasteiger charge is -2.17. The van der Waals surface area contributed by atoms with E-state index in [9.17, 15) is 0 Å². The third-order valence-electron chi connectivity index (χ3n) is 2.92. The molecule has 0 saturated heterocycles. The maximum atomic E-state index is 3.93. The van der Waals surface area contributed by atoms with Gasteiger partial charge in [-0.3, -0.25) is 4.68 Å². The van der Waals surface area contributed by atoms with Crippen molar-refractivity contribution in [3.8, 4) is 0 Å². The van der Waals surface area contributed by atoms with Gasteiger partial charge in [-0.25, -0.2) is 0 Å². The molecular formula is C12H24N4. The highest BCUT2D eigenvalue weighted by Gasteiger charge is 2.07. The second kappa shape index (κ2) is 7.39. The summed E-state index contributed by atoms with van der Waals surface area (Å²) in [7, 11) is 1.94. The topological polar surface area (TPSA) is 42.7 Å². The smallest absolute Gasteiger partial charge is 0.0738 e. The first-order valence-electron chi connectivity index (χ1n) is 6.34. The van der Waals surface area contributed by atoms with Crippen LogP contribution in [0.3, 0.4) is 0 Å². The Morgan fingerprint density at radius 3 is 2.69 bits per heavy atom. The average molecular weight is 224 g/mol. The summed E-state index contributed by atoms with van der Waals surface area (Å²) in [5.41, 5.74) is 1.15. The van der Waals surface area contributed by atoms with E-state index in [0.29, 0.717) is 6.04 Å². The molecule has 1 rings (SSSR count). The number of aryl methyl sites for hydroxylation is 1. The summed E-state index contributed by atoms with van der Waals surface area (Å²) < 4.78 is 1.83. The van der Waals surface area contributed by atoms with Crippen molar-refractivity contribution >= 4 is 0 Å². The highest BCUT2D eigenvalue weighted by atomic mass is 15.4. The van der Waals surface area contributed by atoms with Gasteiger partial charge in [0.25, 0.3) is 0 Å². The van der Waals surface area contributed by atoms with Crippen molar-refractivity contribution in [2.45, 2.75) is 58.5 Å². The second-order valence-corrected chi connectivity index (χ2v) is 4.36. The van der Waals surface area contributed by atoms with E-state index in [1.807, 2.05) is 17.9 Å². The predicted octanol–water partition coefficient (Wildman–Crippen LogP) is 2.26. The molecule has 1 atom stereocenters. The van der Waals surface area contributed by atoms with Gasteiger partial charge < -0.3 is 5.32 Å². The first-order valence-corrected chi connectivity index (χ1v) is 6.34. The van der Waals surface area contributed by atoms with Gasteiger partial charge >= 0.3 is 0 Å². The molecule has 16 heavy (non-hydrogen) atoms. The molecule has 0 aromatic carbocycles. The number of rotatable bonds is 8. The number of nitrogens with one attached hydrogen (secondary N) is 1. The van der Waals surface area contributed by atoms with E-state index < -0.39 is 0 Å². The van der Waals surface area contributed by atoms with Crippen molar-refractivity contribution in [1.82, 2.24) is 20.3 Å². The Morgan fingerprint density at radius 1 is 1.31 bits per heavy atom. The van der Waals surface area contributed by atoms with Crippen molar-refractivity contribution in [3.63, 3.8) is 0 Å². The fourth-order valence-corrected chi connectivity index (χ4v) is 1.87. The van der Waals surface area contributed by atoms with Crippen LogP contribution in [-0.2, 0) is 13.6 Å². The third-order valence-corrected chi connectivity index (χ3v) is 2.92. The van der Waals surface area contributed by atoms with Gasteiger partial charge in [0.1, 0.15) is 0 Å². The monoisotopic (exact) mass is 224 g/mol. The van der Waals surface area contributed by atoms with E-state index in [4.69, 9.17) is 0 Å². The maximum Gasteiger partial charge on any atom is 0.0738 e. The van der Waals surface area contributed by atoms with Crippen LogP contribution < -0.4 is 5.32 Å². The molecule has 1 heterocycles. The molecule has 0 aliphatic rings. The molecule has 0 saturated carbocycles. The van der Waals surface area contributed by atoms with E-state index in [1.54, 1.807) is 0 Å². The summed E-state index contributed by atoms with van der Waals surface area (Å²) in [6.45, 7) is 5.36. The molecule has 92 valence electrons. The molecule has 4 heteroatoms.